The minimum Gasteiger partial charge on any atom is -0.495 e. The minimum atomic E-state index is -3.90. The molecule has 0 saturated carbocycles. The van der Waals surface area contributed by atoms with Gasteiger partial charge in [0.2, 0.25) is 5.91 Å². The van der Waals surface area contributed by atoms with Crippen LogP contribution in [0.1, 0.15) is 45.1 Å². The largest absolute Gasteiger partial charge is 0.495 e. The average Bonchev–Trinajstić information content (AvgIpc) is 2.67. The van der Waals surface area contributed by atoms with Crippen molar-refractivity contribution >= 4 is 33.3 Å². The van der Waals surface area contributed by atoms with Gasteiger partial charge in [-0.25, -0.2) is 8.42 Å². The fourth-order valence-electron chi connectivity index (χ4n) is 3.03. The van der Waals surface area contributed by atoms with Crippen LogP contribution in [0.15, 0.2) is 34.7 Å². The van der Waals surface area contributed by atoms with E-state index in [-0.39, 0.29) is 27.7 Å². The molecule has 0 saturated heterocycles. The molecule has 0 aliphatic heterocycles. The number of hydrogen-bond acceptors (Lipinski definition) is 5. The fourth-order valence-corrected chi connectivity index (χ4v) is 4.73. The Hall–Kier alpha value is -2.13. The van der Waals surface area contributed by atoms with Crippen LogP contribution in [0.4, 0.5) is 0 Å². The van der Waals surface area contributed by atoms with E-state index >= 15 is 0 Å². The number of amides is 1. The number of carbonyl (C=O) groups is 1. The van der Waals surface area contributed by atoms with Crippen LogP contribution in [0.5, 0.6) is 5.75 Å². The lowest BCUT2D eigenvalue weighted by molar-refractivity contribution is -0.117. The highest BCUT2D eigenvalue weighted by atomic mass is 32.2. The third kappa shape index (κ3) is 7.01. The average molecular weight is 440 g/mol. The van der Waals surface area contributed by atoms with Crippen molar-refractivity contribution in [2.24, 2.45) is 0 Å². The molecule has 1 aliphatic carbocycles. The lowest BCUT2D eigenvalue weighted by Gasteiger charge is -2.16. The number of carbonyl (C=O) groups excluding carboxylic acids is 1. The van der Waals surface area contributed by atoms with E-state index in [9.17, 15) is 13.2 Å². The Morgan fingerprint density at radius 3 is 2.66 bits per heavy atom. The molecule has 2 rings (SSSR count). The van der Waals surface area contributed by atoms with Gasteiger partial charge in [-0.1, -0.05) is 12.1 Å². The summed E-state index contributed by atoms with van der Waals surface area (Å²) in [5, 5.41) is 5.78. The van der Waals surface area contributed by atoms with Crippen molar-refractivity contribution in [1.82, 2.24) is 15.4 Å². The van der Waals surface area contributed by atoms with Gasteiger partial charge in [0, 0.05) is 18.2 Å². The summed E-state index contributed by atoms with van der Waals surface area (Å²) < 4.78 is 33.1. The smallest absolute Gasteiger partial charge is 0.267 e. The number of hydrogen-bond donors (Lipinski definition) is 3. The molecule has 160 valence electrons. The van der Waals surface area contributed by atoms with Gasteiger partial charge in [-0.2, -0.15) is 0 Å². The number of allylic oxidation sites excluding steroid dienone is 1. The number of benzene rings is 1. The zero-order valence-electron chi connectivity index (χ0n) is 17.1. The summed E-state index contributed by atoms with van der Waals surface area (Å²) in [6.45, 7) is 4.14. The normalized spacial score (nSPS) is 14.1. The van der Waals surface area contributed by atoms with Crippen LogP contribution in [0.25, 0.3) is 0 Å². The molecule has 0 radical (unpaired) electrons. The number of nitrogens with one attached hydrogen (secondary N) is 3. The highest BCUT2D eigenvalue weighted by Gasteiger charge is 2.21. The van der Waals surface area contributed by atoms with Crippen molar-refractivity contribution < 1.29 is 17.9 Å². The third-order valence-corrected chi connectivity index (χ3v) is 6.17. The number of methoxy groups -OCH3 is 1. The van der Waals surface area contributed by atoms with E-state index in [0.29, 0.717) is 13.0 Å². The van der Waals surface area contributed by atoms with Crippen molar-refractivity contribution in [3.05, 3.63) is 35.4 Å². The molecule has 1 aliphatic rings. The number of rotatable bonds is 8. The molecule has 0 atom stereocenters. The summed E-state index contributed by atoms with van der Waals surface area (Å²) in [7, 11) is -2.49. The van der Waals surface area contributed by atoms with Gasteiger partial charge in [0.1, 0.15) is 10.6 Å². The van der Waals surface area contributed by atoms with E-state index in [0.717, 1.165) is 36.8 Å². The number of sulfonamides is 1. The van der Waals surface area contributed by atoms with E-state index in [2.05, 4.69) is 15.4 Å². The van der Waals surface area contributed by atoms with Gasteiger partial charge >= 0.3 is 0 Å². The summed E-state index contributed by atoms with van der Waals surface area (Å²) >= 11 is 5.06. The van der Waals surface area contributed by atoms with Gasteiger partial charge in [0.25, 0.3) is 10.0 Å². The Kier molecular flexibility index (Phi) is 8.45. The van der Waals surface area contributed by atoms with Crippen molar-refractivity contribution in [3.63, 3.8) is 0 Å². The second-order valence-corrected chi connectivity index (χ2v) is 9.26. The highest BCUT2D eigenvalue weighted by molar-refractivity contribution is 7.92. The Morgan fingerprint density at radius 2 is 2.03 bits per heavy atom. The molecule has 9 heteroatoms. The van der Waals surface area contributed by atoms with Gasteiger partial charge in [-0.15, -0.1) is 0 Å². The van der Waals surface area contributed by atoms with Gasteiger partial charge in [0.05, 0.1) is 7.11 Å². The summed E-state index contributed by atoms with van der Waals surface area (Å²) in [4.78, 5) is 12.2. The monoisotopic (exact) mass is 439 g/mol. The van der Waals surface area contributed by atoms with Crippen LogP contribution in [0.2, 0.25) is 0 Å². The zero-order valence-corrected chi connectivity index (χ0v) is 18.7. The van der Waals surface area contributed by atoms with Crippen LogP contribution in [-0.4, -0.2) is 39.1 Å². The fraction of sp³-hybridized carbons (Fsp3) is 0.500. The third-order valence-electron chi connectivity index (χ3n) is 4.45. The van der Waals surface area contributed by atoms with E-state index in [1.54, 1.807) is 18.2 Å². The van der Waals surface area contributed by atoms with E-state index in [4.69, 9.17) is 17.0 Å². The first kappa shape index (κ1) is 23.2. The first-order valence-corrected chi connectivity index (χ1v) is 11.6. The molecular formula is C20H29N3O4S2. The Labute approximate surface area is 178 Å². The maximum absolute atomic E-state index is 12.7. The van der Waals surface area contributed by atoms with Crippen molar-refractivity contribution in [3.8, 4) is 5.75 Å². The second kappa shape index (κ2) is 10.6. The predicted molar refractivity (Wildman–Crippen MR) is 117 cm³/mol. The summed E-state index contributed by atoms with van der Waals surface area (Å²) in [6.07, 6.45) is 6.43. The standard InChI is InChI=1S/C20H29N3O4S2/c1-14(2)22-20(28)23-29(25,26)18-13-15(9-10-17(18)27-3)11-12-21-19(24)16-7-5-4-6-8-16/h7,9-10,13-14H,4-6,8,11-12H2,1-3H3,(H,21,24)(H2,22,23,28). The molecular weight excluding hydrogens is 410 g/mol. The topological polar surface area (TPSA) is 96.5 Å². The predicted octanol–water partition coefficient (Wildman–Crippen LogP) is 2.42. The maximum Gasteiger partial charge on any atom is 0.267 e. The van der Waals surface area contributed by atoms with Crippen LogP contribution < -0.4 is 20.1 Å². The van der Waals surface area contributed by atoms with Crippen LogP contribution in [0, 0.1) is 0 Å². The Balaban J connectivity index is 2.06. The molecule has 29 heavy (non-hydrogen) atoms. The molecule has 7 nitrogen and oxygen atoms in total. The lowest BCUT2D eigenvalue weighted by atomic mass is 9.99. The Bertz CT molecular complexity index is 880. The van der Waals surface area contributed by atoms with Crippen molar-refractivity contribution in [2.75, 3.05) is 13.7 Å². The summed E-state index contributed by atoms with van der Waals surface area (Å²) in [6, 6.07) is 4.94. The van der Waals surface area contributed by atoms with Crippen LogP contribution in [0.3, 0.4) is 0 Å². The van der Waals surface area contributed by atoms with E-state index in [1.165, 1.54) is 7.11 Å². The highest BCUT2D eigenvalue weighted by Crippen LogP contribution is 2.25. The molecule has 0 aromatic heterocycles. The van der Waals surface area contributed by atoms with Gasteiger partial charge in [-0.3, -0.25) is 9.52 Å². The number of ether oxygens (including phenoxy) is 1. The first-order valence-electron chi connectivity index (χ1n) is 9.70. The molecule has 0 fully saturated rings. The van der Waals surface area contributed by atoms with Crippen LogP contribution in [-0.2, 0) is 21.2 Å². The number of thiocarbonyl (C=S) groups is 1. The SMILES string of the molecule is COc1ccc(CCNC(=O)C2=CCCCC2)cc1S(=O)(=O)NC(=S)NC(C)C. The summed E-state index contributed by atoms with van der Waals surface area (Å²) in [5.74, 6) is 0.183. The molecule has 0 unspecified atom stereocenters. The van der Waals surface area contributed by atoms with Crippen LogP contribution >= 0.6 is 12.2 Å². The quantitative estimate of drug-likeness (QED) is 0.539. The van der Waals surface area contributed by atoms with Gasteiger partial charge in [0.15, 0.2) is 5.11 Å². The van der Waals surface area contributed by atoms with Gasteiger partial charge in [-0.05, 0) is 75.9 Å². The van der Waals surface area contributed by atoms with E-state index in [1.807, 2.05) is 19.9 Å². The molecule has 0 heterocycles. The maximum atomic E-state index is 12.7. The van der Waals surface area contributed by atoms with Crippen molar-refractivity contribution in [2.45, 2.75) is 56.9 Å². The Morgan fingerprint density at radius 1 is 1.28 bits per heavy atom. The molecule has 3 N–H and O–H groups in total. The van der Waals surface area contributed by atoms with Gasteiger partial charge < -0.3 is 15.4 Å². The molecule has 0 spiro atoms. The van der Waals surface area contributed by atoms with E-state index < -0.39 is 10.0 Å². The summed E-state index contributed by atoms with van der Waals surface area (Å²) in [5.41, 5.74) is 1.61. The molecule has 1 amide bonds. The first-order chi connectivity index (χ1) is 13.7. The molecule has 0 bridgehead atoms. The lowest BCUT2D eigenvalue weighted by Crippen LogP contribution is -2.42. The molecule has 1 aromatic rings. The second-order valence-electron chi connectivity index (χ2n) is 7.20. The molecule has 1 aromatic carbocycles. The minimum absolute atomic E-state index is 0.00122. The van der Waals surface area contributed by atoms with Crippen molar-refractivity contribution in [1.29, 1.82) is 0 Å². The zero-order chi connectivity index (χ0) is 21.4.